The number of ether oxygens (including phenoxy) is 3. The summed E-state index contributed by atoms with van der Waals surface area (Å²) in [7, 11) is 0. The number of benzene rings is 2. The van der Waals surface area contributed by atoms with Crippen LogP contribution in [0.3, 0.4) is 0 Å². The molecule has 0 N–H and O–H groups in total. The van der Waals surface area contributed by atoms with Crippen molar-refractivity contribution in [2.24, 2.45) is 0 Å². The van der Waals surface area contributed by atoms with Crippen LogP contribution in [0.25, 0.3) is 0 Å². The Morgan fingerprint density at radius 3 is 2.79 bits per heavy atom. The maximum absolute atomic E-state index is 13.0. The lowest BCUT2D eigenvalue weighted by atomic mass is 10.2. The van der Waals surface area contributed by atoms with Gasteiger partial charge in [0.05, 0.1) is 5.56 Å². The van der Waals surface area contributed by atoms with Gasteiger partial charge in [0.25, 0.3) is 0 Å². The van der Waals surface area contributed by atoms with Gasteiger partial charge in [0.2, 0.25) is 6.79 Å². The van der Waals surface area contributed by atoms with E-state index >= 15 is 0 Å². The fourth-order valence-corrected chi connectivity index (χ4v) is 1.72. The van der Waals surface area contributed by atoms with Crippen molar-refractivity contribution in [3.63, 3.8) is 0 Å². The number of carbonyl (C=O) groups excluding carboxylic acids is 1. The predicted molar refractivity (Wildman–Crippen MR) is 63.9 cm³/mol. The van der Waals surface area contributed by atoms with Crippen LogP contribution in [0.1, 0.15) is 10.4 Å². The topological polar surface area (TPSA) is 44.8 Å². The van der Waals surface area contributed by atoms with Gasteiger partial charge < -0.3 is 14.2 Å². The number of hydrogen-bond donors (Lipinski definition) is 0. The van der Waals surface area contributed by atoms with E-state index in [4.69, 9.17) is 14.2 Å². The Balaban J connectivity index is 1.80. The van der Waals surface area contributed by atoms with E-state index in [0.717, 1.165) is 6.07 Å². The Labute approximate surface area is 108 Å². The molecular formula is C14H9FO4. The van der Waals surface area contributed by atoms with E-state index < -0.39 is 11.8 Å². The quantitative estimate of drug-likeness (QED) is 0.615. The zero-order chi connectivity index (χ0) is 13.2. The third-order valence-corrected chi connectivity index (χ3v) is 2.61. The highest BCUT2D eigenvalue weighted by atomic mass is 19.1. The van der Waals surface area contributed by atoms with Crippen molar-refractivity contribution >= 4 is 5.97 Å². The molecule has 0 fully saturated rings. The fraction of sp³-hybridized carbons (Fsp3) is 0.0714. The summed E-state index contributed by atoms with van der Waals surface area (Å²) in [6, 6.07) is 10.1. The molecule has 4 nitrogen and oxygen atoms in total. The molecule has 1 aliphatic heterocycles. The first-order valence-electron chi connectivity index (χ1n) is 5.60. The molecule has 96 valence electrons. The van der Waals surface area contributed by atoms with E-state index in [1.165, 1.54) is 18.2 Å². The van der Waals surface area contributed by atoms with E-state index in [0.29, 0.717) is 17.2 Å². The number of halogens is 1. The molecule has 1 aliphatic rings. The first-order chi connectivity index (χ1) is 9.22. The molecular weight excluding hydrogens is 251 g/mol. The molecule has 2 aromatic rings. The smallest absolute Gasteiger partial charge is 0.343 e. The zero-order valence-corrected chi connectivity index (χ0v) is 9.76. The van der Waals surface area contributed by atoms with Crippen molar-refractivity contribution < 1.29 is 23.4 Å². The zero-order valence-electron chi connectivity index (χ0n) is 9.76. The average Bonchev–Trinajstić information content (AvgIpc) is 2.86. The molecule has 0 amide bonds. The Hall–Kier alpha value is -2.56. The lowest BCUT2D eigenvalue weighted by Crippen LogP contribution is -2.08. The molecule has 1 heterocycles. The molecule has 5 heteroatoms. The van der Waals surface area contributed by atoms with E-state index in [1.54, 1.807) is 18.2 Å². The second-order valence-electron chi connectivity index (χ2n) is 3.91. The molecule has 19 heavy (non-hydrogen) atoms. The van der Waals surface area contributed by atoms with Gasteiger partial charge in [-0.25, -0.2) is 9.18 Å². The number of carbonyl (C=O) groups is 1. The fourth-order valence-electron chi connectivity index (χ4n) is 1.72. The molecule has 0 saturated heterocycles. The average molecular weight is 260 g/mol. The Kier molecular flexibility index (Phi) is 2.79. The molecule has 0 aromatic heterocycles. The van der Waals surface area contributed by atoms with Crippen LogP contribution >= 0.6 is 0 Å². The summed E-state index contributed by atoms with van der Waals surface area (Å²) in [5.41, 5.74) is 0.151. The SMILES string of the molecule is O=C(Oc1ccc2c(c1)OCO2)c1cccc(F)c1. The van der Waals surface area contributed by atoms with Crippen LogP contribution in [0.15, 0.2) is 42.5 Å². The Morgan fingerprint density at radius 1 is 1.11 bits per heavy atom. The van der Waals surface area contributed by atoms with Crippen LogP contribution in [0, 0.1) is 5.82 Å². The summed E-state index contributed by atoms with van der Waals surface area (Å²) >= 11 is 0. The molecule has 0 radical (unpaired) electrons. The third kappa shape index (κ3) is 2.35. The van der Waals surface area contributed by atoms with Crippen molar-refractivity contribution in [3.8, 4) is 17.2 Å². The summed E-state index contributed by atoms with van der Waals surface area (Å²) in [6.45, 7) is 0.149. The van der Waals surface area contributed by atoms with Crippen molar-refractivity contribution in [2.75, 3.05) is 6.79 Å². The van der Waals surface area contributed by atoms with Gasteiger partial charge in [0.1, 0.15) is 11.6 Å². The Morgan fingerprint density at radius 2 is 1.95 bits per heavy atom. The highest BCUT2D eigenvalue weighted by Gasteiger charge is 2.16. The number of esters is 1. The van der Waals surface area contributed by atoms with Crippen LogP contribution < -0.4 is 14.2 Å². The number of rotatable bonds is 2. The minimum atomic E-state index is -0.627. The van der Waals surface area contributed by atoms with Gasteiger partial charge in [-0.1, -0.05) is 6.07 Å². The van der Waals surface area contributed by atoms with Gasteiger partial charge in [-0.2, -0.15) is 0 Å². The maximum Gasteiger partial charge on any atom is 0.343 e. The van der Waals surface area contributed by atoms with Crippen LogP contribution in [0.4, 0.5) is 4.39 Å². The summed E-state index contributed by atoms with van der Waals surface area (Å²) in [5, 5.41) is 0. The monoisotopic (exact) mass is 260 g/mol. The lowest BCUT2D eigenvalue weighted by molar-refractivity contribution is 0.0734. The Bertz CT molecular complexity index is 639. The van der Waals surface area contributed by atoms with E-state index in [2.05, 4.69) is 0 Å². The molecule has 0 spiro atoms. The normalized spacial score (nSPS) is 12.3. The summed E-state index contributed by atoms with van der Waals surface area (Å²) in [6.07, 6.45) is 0. The van der Waals surface area contributed by atoms with Crippen molar-refractivity contribution in [1.29, 1.82) is 0 Å². The molecule has 0 aliphatic carbocycles. The van der Waals surface area contributed by atoms with Crippen molar-refractivity contribution in [2.45, 2.75) is 0 Å². The van der Waals surface area contributed by atoms with Gasteiger partial charge in [0, 0.05) is 6.07 Å². The molecule has 0 bridgehead atoms. The highest BCUT2D eigenvalue weighted by Crippen LogP contribution is 2.35. The van der Waals surface area contributed by atoms with E-state index in [1.807, 2.05) is 0 Å². The first-order valence-corrected chi connectivity index (χ1v) is 5.60. The largest absolute Gasteiger partial charge is 0.454 e. The van der Waals surface area contributed by atoms with Crippen molar-refractivity contribution in [3.05, 3.63) is 53.8 Å². The van der Waals surface area contributed by atoms with Crippen LogP contribution in [-0.2, 0) is 0 Å². The minimum Gasteiger partial charge on any atom is -0.454 e. The maximum atomic E-state index is 13.0. The van der Waals surface area contributed by atoms with Crippen molar-refractivity contribution in [1.82, 2.24) is 0 Å². The van der Waals surface area contributed by atoms with Crippen LogP contribution in [-0.4, -0.2) is 12.8 Å². The minimum absolute atomic E-state index is 0.149. The number of fused-ring (bicyclic) bond motifs is 1. The summed E-state index contributed by atoms with van der Waals surface area (Å²) in [5.74, 6) is 0.326. The predicted octanol–water partition coefficient (Wildman–Crippen LogP) is 2.77. The van der Waals surface area contributed by atoms with Gasteiger partial charge in [-0.05, 0) is 30.3 Å². The van der Waals surface area contributed by atoms with Gasteiger partial charge in [0.15, 0.2) is 11.5 Å². The lowest BCUT2D eigenvalue weighted by Gasteiger charge is -2.05. The summed E-state index contributed by atoms with van der Waals surface area (Å²) in [4.78, 5) is 11.8. The molecule has 0 atom stereocenters. The molecule has 3 rings (SSSR count). The van der Waals surface area contributed by atoms with E-state index in [-0.39, 0.29) is 12.4 Å². The highest BCUT2D eigenvalue weighted by molar-refractivity contribution is 5.91. The second kappa shape index (κ2) is 4.61. The van der Waals surface area contributed by atoms with Gasteiger partial charge in [-0.3, -0.25) is 0 Å². The van der Waals surface area contributed by atoms with Gasteiger partial charge >= 0.3 is 5.97 Å². The van der Waals surface area contributed by atoms with Crippen LogP contribution in [0.5, 0.6) is 17.2 Å². The molecule has 0 saturated carbocycles. The second-order valence-corrected chi connectivity index (χ2v) is 3.91. The third-order valence-electron chi connectivity index (χ3n) is 2.61. The van der Waals surface area contributed by atoms with Gasteiger partial charge in [-0.15, -0.1) is 0 Å². The first kappa shape index (κ1) is 11.5. The van der Waals surface area contributed by atoms with Crippen LogP contribution in [0.2, 0.25) is 0 Å². The standard InChI is InChI=1S/C14H9FO4/c15-10-3-1-2-9(6-10)14(16)19-11-4-5-12-13(7-11)18-8-17-12/h1-7H,8H2. The molecule has 0 unspecified atom stereocenters. The van der Waals surface area contributed by atoms with E-state index in [9.17, 15) is 9.18 Å². The molecule has 2 aromatic carbocycles. The number of hydrogen-bond acceptors (Lipinski definition) is 4. The summed E-state index contributed by atoms with van der Waals surface area (Å²) < 4.78 is 28.5.